The first-order chi connectivity index (χ1) is 13.0. The summed E-state index contributed by atoms with van der Waals surface area (Å²) in [7, 11) is 1.94. The summed E-state index contributed by atoms with van der Waals surface area (Å²) in [5.41, 5.74) is 5.83. The Hall–Kier alpha value is -3.01. The number of anilines is 1. The van der Waals surface area contributed by atoms with Gasteiger partial charge in [-0.05, 0) is 49.6 Å². The summed E-state index contributed by atoms with van der Waals surface area (Å²) in [5.74, 6) is 0. The highest BCUT2D eigenvalue weighted by atomic mass is 15.1. The smallest absolute Gasteiger partial charge is 0.106 e. The molecule has 1 aromatic heterocycles. The Balaban J connectivity index is 1.73. The van der Waals surface area contributed by atoms with Gasteiger partial charge in [-0.1, -0.05) is 43.0 Å². The topological polar surface area (TPSA) is 41.9 Å². The molecule has 0 saturated carbocycles. The Kier molecular flexibility index (Phi) is 5.65. The van der Waals surface area contributed by atoms with Crippen molar-refractivity contribution in [1.82, 2.24) is 14.9 Å². The first-order valence-electron chi connectivity index (χ1n) is 9.33. The molecular weight excluding hydrogens is 332 g/mol. The summed E-state index contributed by atoms with van der Waals surface area (Å²) in [6.45, 7) is 11.3. The van der Waals surface area contributed by atoms with Gasteiger partial charge in [0.2, 0.25) is 0 Å². The zero-order valence-electron chi connectivity index (χ0n) is 16.6. The van der Waals surface area contributed by atoms with Crippen LogP contribution in [-0.4, -0.2) is 16.6 Å². The fourth-order valence-electron chi connectivity index (χ4n) is 3.13. The average molecular weight is 361 g/mol. The number of benzene rings is 2. The standard InChI is InChI=1S/C23H28N4/c1-16(2)27-15-26-23(18(27)4)17(3)25-14-19-9-11-20(12-10-19)21-7-6-8-22(13-21)24-5/h6-13,15-16,24-25H,4,14H2,1-3,5H3/b23-17-. The van der Waals surface area contributed by atoms with Crippen LogP contribution in [-0.2, 0) is 6.54 Å². The molecule has 0 bridgehead atoms. The van der Waals surface area contributed by atoms with Gasteiger partial charge >= 0.3 is 0 Å². The molecule has 0 aliphatic heterocycles. The minimum absolute atomic E-state index is 0.362. The van der Waals surface area contributed by atoms with E-state index in [2.05, 4.69) is 96.1 Å². The second-order valence-corrected chi connectivity index (χ2v) is 7.05. The van der Waals surface area contributed by atoms with E-state index in [0.29, 0.717) is 6.04 Å². The summed E-state index contributed by atoms with van der Waals surface area (Å²) in [4.78, 5) is 4.51. The predicted molar refractivity (Wildman–Crippen MR) is 115 cm³/mol. The normalized spacial score (nSPS) is 12.2. The molecule has 0 aliphatic carbocycles. The van der Waals surface area contributed by atoms with Gasteiger partial charge < -0.3 is 15.2 Å². The molecule has 0 amide bonds. The molecule has 0 unspecified atom stereocenters. The minimum Gasteiger partial charge on any atom is -0.388 e. The van der Waals surface area contributed by atoms with Gasteiger partial charge in [-0.3, -0.25) is 0 Å². The Morgan fingerprint density at radius 3 is 2.48 bits per heavy atom. The number of imidazole rings is 1. The third-order valence-electron chi connectivity index (χ3n) is 4.80. The Morgan fingerprint density at radius 1 is 1.11 bits per heavy atom. The molecular formula is C23H28N4. The first kappa shape index (κ1) is 18.8. The van der Waals surface area contributed by atoms with E-state index in [0.717, 1.165) is 28.6 Å². The van der Waals surface area contributed by atoms with Crippen molar-refractivity contribution in [3.05, 3.63) is 71.1 Å². The van der Waals surface area contributed by atoms with E-state index in [1.165, 1.54) is 16.7 Å². The van der Waals surface area contributed by atoms with Gasteiger partial charge in [0.05, 0.1) is 11.7 Å². The van der Waals surface area contributed by atoms with Gasteiger partial charge in [-0.2, -0.15) is 0 Å². The Bertz CT molecular complexity index is 1010. The van der Waals surface area contributed by atoms with Crippen LogP contribution in [0.5, 0.6) is 0 Å². The quantitative estimate of drug-likeness (QED) is 0.707. The van der Waals surface area contributed by atoms with Gasteiger partial charge in [0, 0.05) is 31.0 Å². The third-order valence-corrected chi connectivity index (χ3v) is 4.80. The van der Waals surface area contributed by atoms with Crippen molar-refractivity contribution in [2.75, 3.05) is 12.4 Å². The maximum Gasteiger partial charge on any atom is 0.106 e. The van der Waals surface area contributed by atoms with Crippen molar-refractivity contribution in [3.63, 3.8) is 0 Å². The summed E-state index contributed by atoms with van der Waals surface area (Å²) in [6.07, 6.45) is 1.86. The molecule has 0 spiro atoms. The summed E-state index contributed by atoms with van der Waals surface area (Å²) < 4.78 is 2.09. The van der Waals surface area contributed by atoms with Gasteiger partial charge in [0.15, 0.2) is 0 Å². The van der Waals surface area contributed by atoms with E-state index in [-0.39, 0.29) is 0 Å². The Labute approximate surface area is 161 Å². The van der Waals surface area contributed by atoms with E-state index >= 15 is 0 Å². The molecule has 4 heteroatoms. The molecule has 140 valence electrons. The lowest BCUT2D eigenvalue weighted by Crippen LogP contribution is -2.34. The van der Waals surface area contributed by atoms with E-state index in [1.807, 2.05) is 13.4 Å². The SMILES string of the molecule is C=c1/c(=C(\C)NCc2ccc(-c3cccc(NC)c3)cc2)ncn1C(C)C. The number of rotatable bonds is 6. The van der Waals surface area contributed by atoms with Crippen molar-refractivity contribution < 1.29 is 0 Å². The van der Waals surface area contributed by atoms with Crippen LogP contribution < -0.4 is 21.3 Å². The highest BCUT2D eigenvalue weighted by Gasteiger charge is 2.03. The Morgan fingerprint density at radius 2 is 1.85 bits per heavy atom. The van der Waals surface area contributed by atoms with Crippen LogP contribution in [0.1, 0.15) is 32.4 Å². The van der Waals surface area contributed by atoms with E-state index in [9.17, 15) is 0 Å². The van der Waals surface area contributed by atoms with Gasteiger partial charge in [-0.15, -0.1) is 0 Å². The molecule has 3 aromatic rings. The van der Waals surface area contributed by atoms with Crippen LogP contribution in [0, 0.1) is 0 Å². The van der Waals surface area contributed by atoms with Crippen LogP contribution in [0.3, 0.4) is 0 Å². The molecule has 0 aliphatic rings. The number of nitrogens with zero attached hydrogens (tertiary/aromatic N) is 2. The van der Waals surface area contributed by atoms with Crippen LogP contribution in [0.15, 0.2) is 54.9 Å². The van der Waals surface area contributed by atoms with Crippen molar-refractivity contribution in [1.29, 1.82) is 0 Å². The van der Waals surface area contributed by atoms with Gasteiger partial charge in [0.1, 0.15) is 5.35 Å². The van der Waals surface area contributed by atoms with Crippen LogP contribution in [0.4, 0.5) is 5.69 Å². The maximum absolute atomic E-state index is 4.51. The zero-order chi connectivity index (χ0) is 19.4. The fourth-order valence-corrected chi connectivity index (χ4v) is 3.13. The first-order valence-corrected chi connectivity index (χ1v) is 9.33. The lowest BCUT2D eigenvalue weighted by atomic mass is 10.0. The number of aromatic nitrogens is 2. The van der Waals surface area contributed by atoms with Gasteiger partial charge in [-0.25, -0.2) is 4.98 Å². The van der Waals surface area contributed by atoms with Crippen molar-refractivity contribution in [2.45, 2.75) is 33.4 Å². The molecule has 27 heavy (non-hydrogen) atoms. The lowest BCUT2D eigenvalue weighted by Gasteiger charge is -2.09. The number of hydrogen-bond donors (Lipinski definition) is 2. The highest BCUT2D eigenvalue weighted by molar-refractivity contribution is 5.68. The lowest BCUT2D eigenvalue weighted by molar-refractivity contribution is 0.586. The monoisotopic (exact) mass is 360 g/mol. The summed E-state index contributed by atoms with van der Waals surface area (Å²) in [6, 6.07) is 17.5. The third kappa shape index (κ3) is 4.22. The van der Waals surface area contributed by atoms with E-state index in [1.54, 1.807) is 0 Å². The fraction of sp³-hybridized carbons (Fsp3) is 0.261. The van der Waals surface area contributed by atoms with Gasteiger partial charge in [0.25, 0.3) is 0 Å². The maximum atomic E-state index is 4.51. The van der Waals surface area contributed by atoms with Crippen LogP contribution in [0.2, 0.25) is 0 Å². The molecule has 1 heterocycles. The molecule has 2 N–H and O–H groups in total. The van der Waals surface area contributed by atoms with E-state index < -0.39 is 0 Å². The molecule has 0 atom stereocenters. The zero-order valence-corrected chi connectivity index (χ0v) is 16.6. The largest absolute Gasteiger partial charge is 0.388 e. The van der Waals surface area contributed by atoms with Crippen LogP contribution in [0.25, 0.3) is 23.4 Å². The molecule has 3 rings (SSSR count). The average Bonchev–Trinajstić information content (AvgIpc) is 3.08. The molecule has 2 aromatic carbocycles. The number of nitrogens with one attached hydrogen (secondary N) is 2. The highest BCUT2D eigenvalue weighted by Crippen LogP contribution is 2.22. The summed E-state index contributed by atoms with van der Waals surface area (Å²) >= 11 is 0. The molecule has 0 fully saturated rings. The second-order valence-electron chi connectivity index (χ2n) is 7.05. The number of hydrogen-bond acceptors (Lipinski definition) is 3. The predicted octanol–water partition coefficient (Wildman–Crippen LogP) is 3.50. The molecule has 4 nitrogen and oxygen atoms in total. The summed E-state index contributed by atoms with van der Waals surface area (Å²) in [5, 5.41) is 8.55. The van der Waals surface area contributed by atoms with E-state index in [4.69, 9.17) is 0 Å². The molecule has 0 saturated heterocycles. The van der Waals surface area contributed by atoms with Crippen molar-refractivity contribution >= 4 is 18.0 Å². The minimum atomic E-state index is 0.362. The van der Waals surface area contributed by atoms with Crippen molar-refractivity contribution in [3.8, 4) is 11.1 Å². The van der Waals surface area contributed by atoms with Crippen LogP contribution >= 0.6 is 0 Å². The van der Waals surface area contributed by atoms with Crippen molar-refractivity contribution in [2.24, 2.45) is 0 Å². The molecule has 0 radical (unpaired) electrons. The second kappa shape index (κ2) is 8.12.